The molecule has 18 heavy (non-hydrogen) atoms. The molecule has 0 N–H and O–H groups in total. The summed E-state index contributed by atoms with van der Waals surface area (Å²) in [4.78, 5) is 18.3. The van der Waals surface area contributed by atoms with Crippen molar-refractivity contribution in [2.45, 2.75) is 32.7 Å². The molecule has 94 valence electrons. The number of amides is 1. The van der Waals surface area contributed by atoms with Crippen molar-refractivity contribution in [3.8, 4) is 6.07 Å². The van der Waals surface area contributed by atoms with Crippen LogP contribution in [0.3, 0.4) is 0 Å². The first-order valence-electron chi connectivity index (χ1n) is 6.29. The Balaban J connectivity index is 2.16. The van der Waals surface area contributed by atoms with Crippen LogP contribution in [0.4, 0.5) is 0 Å². The third-order valence-corrected chi connectivity index (χ3v) is 3.49. The van der Waals surface area contributed by atoms with E-state index in [1.54, 1.807) is 12.1 Å². The number of carbonyl (C=O) groups excluding carboxylic acids is 1. The third kappa shape index (κ3) is 2.51. The average Bonchev–Trinajstić information content (AvgIpc) is 2.41. The Bertz CT molecular complexity index is 475. The Hall–Kier alpha value is -1.89. The fraction of sp³-hybridized carbons (Fsp3) is 0.500. The summed E-state index contributed by atoms with van der Waals surface area (Å²) in [5.41, 5.74) is 0.904. The minimum absolute atomic E-state index is 0.0291. The summed E-state index contributed by atoms with van der Waals surface area (Å²) in [5.74, 6) is 0.516. The zero-order chi connectivity index (χ0) is 13.1. The van der Waals surface area contributed by atoms with Gasteiger partial charge >= 0.3 is 0 Å². The van der Waals surface area contributed by atoms with Crippen molar-refractivity contribution in [3.05, 3.63) is 29.6 Å². The van der Waals surface area contributed by atoms with Crippen molar-refractivity contribution in [2.75, 3.05) is 6.54 Å². The van der Waals surface area contributed by atoms with Crippen LogP contribution in [0.2, 0.25) is 0 Å². The van der Waals surface area contributed by atoms with Crippen molar-refractivity contribution in [2.24, 2.45) is 5.92 Å². The first-order chi connectivity index (χ1) is 8.61. The zero-order valence-corrected chi connectivity index (χ0v) is 10.8. The number of carbonyl (C=O) groups is 1. The predicted octanol–water partition coefficient (Wildman–Crippen LogP) is 2.21. The summed E-state index contributed by atoms with van der Waals surface area (Å²) in [6, 6.07) is 5.54. The van der Waals surface area contributed by atoms with Gasteiger partial charge in [-0.2, -0.15) is 5.26 Å². The van der Waals surface area contributed by atoms with E-state index in [0.29, 0.717) is 17.2 Å². The Morgan fingerprint density at radius 3 is 2.83 bits per heavy atom. The fourth-order valence-electron chi connectivity index (χ4n) is 2.31. The summed E-state index contributed by atoms with van der Waals surface area (Å²) >= 11 is 0. The van der Waals surface area contributed by atoms with Gasteiger partial charge in [0.25, 0.3) is 5.91 Å². The molecule has 1 saturated heterocycles. The molecule has 0 radical (unpaired) electrons. The maximum Gasteiger partial charge on any atom is 0.272 e. The van der Waals surface area contributed by atoms with Gasteiger partial charge in [-0.25, -0.2) is 4.98 Å². The highest BCUT2D eigenvalue weighted by Crippen LogP contribution is 2.22. The van der Waals surface area contributed by atoms with Crippen molar-refractivity contribution < 1.29 is 4.79 Å². The highest BCUT2D eigenvalue weighted by Gasteiger charge is 2.28. The van der Waals surface area contributed by atoms with Crippen LogP contribution >= 0.6 is 0 Å². The Labute approximate surface area is 107 Å². The Kier molecular flexibility index (Phi) is 3.61. The number of piperidine rings is 1. The molecule has 1 fully saturated rings. The molecule has 0 bridgehead atoms. The van der Waals surface area contributed by atoms with Gasteiger partial charge < -0.3 is 4.90 Å². The second-order valence-corrected chi connectivity index (χ2v) is 5.03. The molecule has 2 rings (SSSR count). The lowest BCUT2D eigenvalue weighted by Crippen LogP contribution is -2.45. The number of nitriles is 1. The summed E-state index contributed by atoms with van der Waals surface area (Å²) in [6.45, 7) is 5.04. The SMILES string of the molecule is CC1CCC(C)N(C(=O)c2ccc(C#N)cn2)C1. The second kappa shape index (κ2) is 5.18. The molecule has 2 heterocycles. The van der Waals surface area contributed by atoms with Gasteiger partial charge in [0.2, 0.25) is 0 Å². The fourth-order valence-corrected chi connectivity index (χ4v) is 2.31. The van der Waals surface area contributed by atoms with Crippen molar-refractivity contribution in [1.82, 2.24) is 9.88 Å². The lowest BCUT2D eigenvalue weighted by molar-refractivity contribution is 0.0568. The number of nitrogens with zero attached hydrogens (tertiary/aromatic N) is 3. The highest BCUT2D eigenvalue weighted by atomic mass is 16.2. The smallest absolute Gasteiger partial charge is 0.272 e. The molecule has 2 unspecified atom stereocenters. The molecule has 4 heteroatoms. The molecule has 2 atom stereocenters. The van der Waals surface area contributed by atoms with Crippen molar-refractivity contribution >= 4 is 5.91 Å². The van der Waals surface area contributed by atoms with Crippen LogP contribution in [0.1, 0.15) is 42.7 Å². The van der Waals surface area contributed by atoms with E-state index in [1.807, 2.05) is 11.0 Å². The van der Waals surface area contributed by atoms with Crippen LogP contribution in [0, 0.1) is 17.2 Å². The number of hydrogen-bond acceptors (Lipinski definition) is 3. The standard InChI is InChI=1S/C14H17N3O/c1-10-3-4-11(2)17(9-10)14(18)13-6-5-12(7-15)8-16-13/h5-6,8,10-11H,3-4,9H2,1-2H3. The van der Waals surface area contributed by atoms with Gasteiger partial charge in [0.05, 0.1) is 5.56 Å². The highest BCUT2D eigenvalue weighted by molar-refractivity contribution is 5.92. The topological polar surface area (TPSA) is 57.0 Å². The van der Waals surface area contributed by atoms with Crippen LogP contribution in [-0.4, -0.2) is 28.4 Å². The first-order valence-corrected chi connectivity index (χ1v) is 6.29. The minimum atomic E-state index is -0.0291. The molecule has 1 aromatic heterocycles. The monoisotopic (exact) mass is 243 g/mol. The largest absolute Gasteiger partial charge is 0.334 e. The molecule has 0 aromatic carbocycles. The molecular weight excluding hydrogens is 226 g/mol. The minimum Gasteiger partial charge on any atom is -0.334 e. The normalized spacial score (nSPS) is 23.5. The van der Waals surface area contributed by atoms with Gasteiger partial charge in [-0.15, -0.1) is 0 Å². The van der Waals surface area contributed by atoms with Crippen LogP contribution < -0.4 is 0 Å². The quantitative estimate of drug-likeness (QED) is 0.760. The molecular formula is C14H17N3O. The van der Waals surface area contributed by atoms with Crippen LogP contribution in [-0.2, 0) is 0 Å². The van der Waals surface area contributed by atoms with E-state index >= 15 is 0 Å². The van der Waals surface area contributed by atoms with Crippen LogP contribution in [0.5, 0.6) is 0 Å². The first kappa shape index (κ1) is 12.6. The van der Waals surface area contributed by atoms with Gasteiger partial charge in [-0.3, -0.25) is 4.79 Å². The number of pyridine rings is 1. The number of hydrogen-bond donors (Lipinski definition) is 0. The van der Waals surface area contributed by atoms with Gasteiger partial charge in [0, 0.05) is 18.8 Å². The Morgan fingerprint density at radius 1 is 1.44 bits per heavy atom. The average molecular weight is 243 g/mol. The van der Waals surface area contributed by atoms with E-state index in [4.69, 9.17) is 5.26 Å². The summed E-state index contributed by atoms with van der Waals surface area (Å²) in [6.07, 6.45) is 3.67. The van der Waals surface area contributed by atoms with Gasteiger partial charge in [0.15, 0.2) is 0 Å². The summed E-state index contributed by atoms with van der Waals surface area (Å²) < 4.78 is 0. The summed E-state index contributed by atoms with van der Waals surface area (Å²) in [7, 11) is 0. The second-order valence-electron chi connectivity index (χ2n) is 5.03. The van der Waals surface area contributed by atoms with E-state index in [2.05, 4.69) is 18.8 Å². The van der Waals surface area contributed by atoms with E-state index in [9.17, 15) is 4.79 Å². The summed E-state index contributed by atoms with van der Waals surface area (Å²) in [5, 5.41) is 8.71. The molecule has 1 aliphatic heterocycles. The lowest BCUT2D eigenvalue weighted by Gasteiger charge is -2.36. The molecule has 1 amide bonds. The van der Waals surface area contributed by atoms with Crippen LogP contribution in [0.15, 0.2) is 18.3 Å². The maximum absolute atomic E-state index is 12.3. The van der Waals surface area contributed by atoms with Crippen molar-refractivity contribution in [3.63, 3.8) is 0 Å². The van der Waals surface area contributed by atoms with Gasteiger partial charge in [0.1, 0.15) is 11.8 Å². The Morgan fingerprint density at radius 2 is 2.22 bits per heavy atom. The number of aromatic nitrogens is 1. The number of rotatable bonds is 1. The molecule has 0 aliphatic carbocycles. The molecule has 4 nitrogen and oxygen atoms in total. The van der Waals surface area contributed by atoms with Crippen molar-refractivity contribution in [1.29, 1.82) is 5.26 Å². The van der Waals surface area contributed by atoms with Gasteiger partial charge in [-0.05, 0) is 37.8 Å². The van der Waals surface area contributed by atoms with E-state index < -0.39 is 0 Å². The van der Waals surface area contributed by atoms with Crippen LogP contribution in [0.25, 0.3) is 0 Å². The van der Waals surface area contributed by atoms with Gasteiger partial charge in [-0.1, -0.05) is 6.92 Å². The lowest BCUT2D eigenvalue weighted by atomic mass is 9.95. The predicted molar refractivity (Wildman–Crippen MR) is 67.8 cm³/mol. The number of likely N-dealkylation sites (tertiary alicyclic amines) is 1. The van der Waals surface area contributed by atoms with E-state index in [-0.39, 0.29) is 11.9 Å². The third-order valence-electron chi connectivity index (χ3n) is 3.49. The maximum atomic E-state index is 12.3. The molecule has 0 spiro atoms. The van der Waals surface area contributed by atoms with E-state index in [1.165, 1.54) is 12.6 Å². The molecule has 0 saturated carbocycles. The van der Waals surface area contributed by atoms with E-state index in [0.717, 1.165) is 13.0 Å². The molecule has 1 aromatic rings. The molecule has 1 aliphatic rings. The zero-order valence-electron chi connectivity index (χ0n) is 10.8.